The summed E-state index contributed by atoms with van der Waals surface area (Å²) in [5.41, 5.74) is 4.52. The zero-order valence-electron chi connectivity index (χ0n) is 23.9. The predicted octanol–water partition coefficient (Wildman–Crippen LogP) is 4.87. The fourth-order valence-corrected chi connectivity index (χ4v) is 8.13. The first-order chi connectivity index (χ1) is 19.8. The lowest BCUT2D eigenvalue weighted by Gasteiger charge is -2.31. The maximum atomic E-state index is 12.7. The summed E-state index contributed by atoms with van der Waals surface area (Å²) in [6.45, 7) is 4.92. The summed E-state index contributed by atoms with van der Waals surface area (Å²) < 4.78 is 32.7. The molecule has 0 N–H and O–H groups in total. The fraction of sp³-hybridized carbons (Fsp3) is 0.533. The molecule has 9 nitrogen and oxygen atoms in total. The van der Waals surface area contributed by atoms with Crippen LogP contribution in [0.15, 0.2) is 36.7 Å². The van der Waals surface area contributed by atoms with E-state index in [0.717, 1.165) is 62.2 Å². The van der Waals surface area contributed by atoms with E-state index in [9.17, 15) is 13.2 Å². The number of carbonyl (C=O) groups excluding carboxylic acids is 1. The Morgan fingerprint density at radius 3 is 2.61 bits per heavy atom. The third-order valence-electron chi connectivity index (χ3n) is 7.97. The van der Waals surface area contributed by atoms with Crippen LogP contribution in [0, 0.1) is 5.92 Å². The second-order valence-electron chi connectivity index (χ2n) is 10.9. The van der Waals surface area contributed by atoms with Crippen LogP contribution < -0.4 is 4.90 Å². The molecule has 0 atom stereocenters. The SMILES string of the molecule is CCCc1cnc(N2CCC(Cc3nc4ccc(C5=CCN(S(=O)(=O)CCCC(=O)OC)CC5)cc4s3)CC2)nc1. The number of nitrogens with zero attached hydrogens (tertiary/aromatic N) is 5. The Balaban J connectivity index is 1.15. The van der Waals surface area contributed by atoms with E-state index in [2.05, 4.69) is 44.7 Å². The quantitative estimate of drug-likeness (QED) is 0.288. The molecule has 0 spiro atoms. The van der Waals surface area contributed by atoms with Crippen LogP contribution >= 0.6 is 11.3 Å². The summed E-state index contributed by atoms with van der Waals surface area (Å²) in [6, 6.07) is 6.39. The summed E-state index contributed by atoms with van der Waals surface area (Å²) in [6.07, 6.45) is 12.3. The molecule has 1 saturated heterocycles. The number of thiazole rings is 1. The zero-order chi connectivity index (χ0) is 28.8. The van der Waals surface area contributed by atoms with Gasteiger partial charge in [0.1, 0.15) is 0 Å². The van der Waals surface area contributed by atoms with Crippen molar-refractivity contribution in [1.82, 2.24) is 19.3 Å². The van der Waals surface area contributed by atoms with Gasteiger partial charge >= 0.3 is 5.97 Å². The fourth-order valence-electron chi connectivity index (χ4n) is 5.57. The van der Waals surface area contributed by atoms with Crippen LogP contribution in [0.1, 0.15) is 61.6 Å². The Kier molecular flexibility index (Phi) is 9.67. The van der Waals surface area contributed by atoms with Gasteiger partial charge in [-0.25, -0.2) is 23.4 Å². The number of fused-ring (bicyclic) bond motifs is 1. The number of methoxy groups -OCH3 is 1. The molecule has 0 amide bonds. The first-order valence-corrected chi connectivity index (χ1v) is 17.0. The second kappa shape index (κ2) is 13.4. The maximum Gasteiger partial charge on any atom is 0.305 e. The van der Waals surface area contributed by atoms with Crippen molar-refractivity contribution in [2.45, 2.75) is 58.3 Å². The van der Waals surface area contributed by atoms with Crippen molar-refractivity contribution in [3.05, 3.63) is 52.8 Å². The highest BCUT2D eigenvalue weighted by Gasteiger charge is 2.25. The van der Waals surface area contributed by atoms with Crippen LogP contribution in [0.2, 0.25) is 0 Å². The standard InChI is InChI=1S/C30H39N5O4S2/c1-3-5-23-20-31-30(32-21-23)34-13-9-22(10-14-34)18-28-33-26-8-7-25(19-27(26)40-28)24-11-15-35(16-12-24)41(37,38)17-4-6-29(36)39-2/h7-8,11,19-22H,3-6,9-10,12-18H2,1-2H3. The number of carbonyl (C=O) groups is 1. The number of piperidine rings is 1. The third kappa shape index (κ3) is 7.50. The average molecular weight is 598 g/mol. The molecule has 0 unspecified atom stereocenters. The molecule has 1 fully saturated rings. The first-order valence-electron chi connectivity index (χ1n) is 14.5. The summed E-state index contributed by atoms with van der Waals surface area (Å²) in [5.74, 6) is 1.02. The highest BCUT2D eigenvalue weighted by Crippen LogP contribution is 2.32. The van der Waals surface area contributed by atoms with Crippen LogP contribution in [0.5, 0.6) is 0 Å². The second-order valence-corrected chi connectivity index (χ2v) is 14.1. The van der Waals surface area contributed by atoms with Crippen LogP contribution in [0.25, 0.3) is 15.8 Å². The number of hydrogen-bond donors (Lipinski definition) is 0. The van der Waals surface area contributed by atoms with Gasteiger partial charge in [-0.1, -0.05) is 25.5 Å². The molecule has 2 aliphatic heterocycles. The van der Waals surface area contributed by atoms with Crippen molar-refractivity contribution in [2.75, 3.05) is 43.9 Å². The Hall–Kier alpha value is -2.89. The van der Waals surface area contributed by atoms with Crippen molar-refractivity contribution in [3.8, 4) is 0 Å². The normalized spacial score (nSPS) is 17.1. The van der Waals surface area contributed by atoms with E-state index < -0.39 is 10.0 Å². The molecule has 1 aromatic carbocycles. The van der Waals surface area contributed by atoms with E-state index in [4.69, 9.17) is 4.98 Å². The molecule has 220 valence electrons. The van der Waals surface area contributed by atoms with Gasteiger partial charge in [-0.05, 0) is 66.9 Å². The number of aromatic nitrogens is 3. The lowest BCUT2D eigenvalue weighted by Crippen LogP contribution is -2.36. The van der Waals surface area contributed by atoms with Crippen molar-refractivity contribution in [2.24, 2.45) is 5.92 Å². The van der Waals surface area contributed by atoms with E-state index in [1.165, 1.54) is 32.3 Å². The average Bonchev–Trinajstić information content (AvgIpc) is 3.39. The van der Waals surface area contributed by atoms with Crippen LogP contribution in [-0.4, -0.2) is 72.7 Å². The summed E-state index contributed by atoms with van der Waals surface area (Å²) in [7, 11) is -2.09. The molecule has 11 heteroatoms. The van der Waals surface area contributed by atoms with Crippen molar-refractivity contribution in [1.29, 1.82) is 0 Å². The number of ether oxygens (including phenoxy) is 1. The largest absolute Gasteiger partial charge is 0.469 e. The number of sulfonamides is 1. The topological polar surface area (TPSA) is 106 Å². The van der Waals surface area contributed by atoms with E-state index in [0.29, 0.717) is 25.4 Å². The number of anilines is 1. The minimum Gasteiger partial charge on any atom is -0.469 e. The minimum atomic E-state index is -3.40. The highest BCUT2D eigenvalue weighted by atomic mass is 32.2. The van der Waals surface area contributed by atoms with E-state index >= 15 is 0 Å². The molecule has 2 aliphatic rings. The monoisotopic (exact) mass is 597 g/mol. The number of esters is 1. The predicted molar refractivity (Wildman–Crippen MR) is 163 cm³/mol. The van der Waals surface area contributed by atoms with Gasteiger partial charge in [0, 0.05) is 51.4 Å². The molecule has 0 radical (unpaired) electrons. The lowest BCUT2D eigenvalue weighted by molar-refractivity contribution is -0.140. The summed E-state index contributed by atoms with van der Waals surface area (Å²) >= 11 is 1.77. The van der Waals surface area contributed by atoms with E-state index in [-0.39, 0.29) is 24.6 Å². The van der Waals surface area contributed by atoms with Gasteiger partial charge in [0.05, 0.1) is 28.1 Å². The van der Waals surface area contributed by atoms with Crippen LogP contribution in [0.3, 0.4) is 0 Å². The zero-order valence-corrected chi connectivity index (χ0v) is 25.6. The Morgan fingerprint density at radius 2 is 1.93 bits per heavy atom. The Bertz CT molecular complexity index is 1480. The number of benzene rings is 1. The Labute approximate surface area is 246 Å². The van der Waals surface area contributed by atoms with Crippen molar-refractivity contribution < 1.29 is 17.9 Å². The molecule has 2 aromatic heterocycles. The molecule has 3 aromatic rings. The van der Waals surface area contributed by atoms with Gasteiger partial charge < -0.3 is 9.64 Å². The summed E-state index contributed by atoms with van der Waals surface area (Å²) in [5, 5.41) is 1.18. The maximum absolute atomic E-state index is 12.7. The van der Waals surface area contributed by atoms with Gasteiger partial charge in [-0.3, -0.25) is 4.79 Å². The number of hydrogen-bond acceptors (Lipinski definition) is 9. The minimum absolute atomic E-state index is 0.0418. The van der Waals surface area contributed by atoms with Gasteiger partial charge in [-0.15, -0.1) is 11.3 Å². The van der Waals surface area contributed by atoms with Crippen LogP contribution in [0.4, 0.5) is 5.95 Å². The van der Waals surface area contributed by atoms with Crippen LogP contribution in [-0.2, 0) is 32.4 Å². The molecule has 41 heavy (non-hydrogen) atoms. The van der Waals surface area contributed by atoms with Crippen molar-refractivity contribution in [3.63, 3.8) is 0 Å². The lowest BCUT2D eigenvalue weighted by atomic mass is 9.94. The summed E-state index contributed by atoms with van der Waals surface area (Å²) in [4.78, 5) is 27.7. The van der Waals surface area contributed by atoms with Crippen molar-refractivity contribution >= 4 is 49.1 Å². The molecule has 0 saturated carbocycles. The smallest absolute Gasteiger partial charge is 0.305 e. The van der Waals surface area contributed by atoms with Gasteiger partial charge in [0.25, 0.3) is 0 Å². The van der Waals surface area contributed by atoms with Gasteiger partial charge in [0.2, 0.25) is 16.0 Å². The molecule has 0 aliphatic carbocycles. The van der Waals surface area contributed by atoms with Gasteiger partial charge in [-0.2, -0.15) is 4.31 Å². The molecule has 0 bridgehead atoms. The Morgan fingerprint density at radius 1 is 1.15 bits per heavy atom. The van der Waals surface area contributed by atoms with Gasteiger partial charge in [0.15, 0.2) is 0 Å². The first kappa shape index (κ1) is 29.6. The van der Waals surface area contributed by atoms with E-state index in [1.807, 2.05) is 18.5 Å². The highest BCUT2D eigenvalue weighted by molar-refractivity contribution is 7.89. The van der Waals surface area contributed by atoms with E-state index in [1.54, 1.807) is 11.3 Å². The molecule has 4 heterocycles. The molecular weight excluding hydrogens is 558 g/mol. The third-order valence-corrected chi connectivity index (χ3v) is 10.9. The number of rotatable bonds is 11. The number of aryl methyl sites for hydroxylation is 1. The molecular formula is C30H39N5O4S2. The molecule has 5 rings (SSSR count).